The lowest BCUT2D eigenvalue weighted by Gasteiger charge is -2.18. The summed E-state index contributed by atoms with van der Waals surface area (Å²) >= 11 is 0. The van der Waals surface area contributed by atoms with Gasteiger partial charge in [-0.25, -0.2) is 4.79 Å². The number of unbranched alkanes of at least 4 members (excludes halogenated alkanes) is 18. The van der Waals surface area contributed by atoms with Crippen LogP contribution in [-0.2, 0) is 23.8 Å². The number of nitro groups is 1. The van der Waals surface area contributed by atoms with Crippen molar-refractivity contribution in [3.05, 3.63) is 34.4 Å². The van der Waals surface area contributed by atoms with Crippen LogP contribution in [0.15, 0.2) is 24.3 Å². The highest BCUT2D eigenvalue weighted by atomic mass is 16.7. The van der Waals surface area contributed by atoms with E-state index < -0.39 is 17.2 Å². The monoisotopic (exact) mass is 846 g/mol. The fourth-order valence-electron chi connectivity index (χ4n) is 7.91. The Morgan fingerprint density at radius 3 is 1.25 bits per heavy atom. The number of esters is 2. The van der Waals surface area contributed by atoms with Crippen LogP contribution in [0.25, 0.3) is 0 Å². The number of ether oxygens (including phenoxy) is 4. The average molecular weight is 846 g/mol. The maximum absolute atomic E-state index is 12.9. The normalized spacial score (nSPS) is 12.7. The molecule has 1 rings (SSSR count). The maximum atomic E-state index is 12.9. The number of rotatable bonds is 41. The number of hydrogen-bond donors (Lipinski definition) is 0. The standard InChI is InChI=1S/C50H87NO9/c1-5-9-13-15-17-19-23-31-43(29-21-11-7-3)41-48(52)57-39-27-25-33-46(59-50(54)60-47-37-35-45(36-38-47)51(55)56)34-26-28-40-58-49(53)42-44(30-22-12-8-4)32-24-20-18-16-14-10-6-2/h35-38,43-44,46H,5-34,39-42H2,1-4H3. The zero-order valence-electron chi connectivity index (χ0n) is 38.7. The van der Waals surface area contributed by atoms with Gasteiger partial charge in [-0.3, -0.25) is 19.7 Å². The summed E-state index contributed by atoms with van der Waals surface area (Å²) in [5.41, 5.74) is -0.102. The van der Waals surface area contributed by atoms with Gasteiger partial charge in [0.15, 0.2) is 0 Å². The molecule has 0 aliphatic heterocycles. The van der Waals surface area contributed by atoms with Crippen molar-refractivity contribution in [3.8, 4) is 5.75 Å². The van der Waals surface area contributed by atoms with E-state index in [1.54, 1.807) is 0 Å². The SMILES string of the molecule is CCCCCCCCCC(CCCCC)CC(=O)OCCCCC(CCCCOC(=O)CC(CCCCC)CCCCCCCCC)OC(=O)Oc1ccc([N+](=O)[O-])cc1. The highest BCUT2D eigenvalue weighted by Crippen LogP contribution is 2.25. The van der Waals surface area contributed by atoms with Crippen molar-refractivity contribution in [3.63, 3.8) is 0 Å². The van der Waals surface area contributed by atoms with Crippen molar-refractivity contribution < 1.29 is 38.3 Å². The Hall–Kier alpha value is -3.17. The molecule has 60 heavy (non-hydrogen) atoms. The number of carbonyl (C=O) groups excluding carboxylic acids is 3. The number of carbonyl (C=O) groups is 3. The predicted octanol–water partition coefficient (Wildman–Crippen LogP) is 15.4. The lowest BCUT2D eigenvalue weighted by molar-refractivity contribution is -0.384. The molecule has 2 unspecified atom stereocenters. The van der Waals surface area contributed by atoms with E-state index in [1.807, 2.05) is 0 Å². The Morgan fingerprint density at radius 2 is 0.850 bits per heavy atom. The van der Waals surface area contributed by atoms with Crippen molar-refractivity contribution >= 4 is 23.8 Å². The number of nitrogens with zero attached hydrogens (tertiary/aromatic N) is 1. The first-order valence-corrected chi connectivity index (χ1v) is 24.7. The summed E-state index contributed by atoms with van der Waals surface area (Å²) in [6, 6.07) is 5.27. The summed E-state index contributed by atoms with van der Waals surface area (Å²) in [6.45, 7) is 9.55. The lowest BCUT2D eigenvalue weighted by atomic mass is 9.92. The minimum absolute atomic E-state index is 0.102. The molecule has 0 saturated carbocycles. The van der Waals surface area contributed by atoms with E-state index in [-0.39, 0.29) is 23.4 Å². The van der Waals surface area contributed by atoms with Gasteiger partial charge in [0.25, 0.3) is 5.69 Å². The second-order valence-corrected chi connectivity index (χ2v) is 17.2. The zero-order valence-corrected chi connectivity index (χ0v) is 38.7. The van der Waals surface area contributed by atoms with Gasteiger partial charge in [-0.1, -0.05) is 156 Å². The topological polar surface area (TPSA) is 131 Å². The maximum Gasteiger partial charge on any atom is 0.514 e. The van der Waals surface area contributed by atoms with Gasteiger partial charge >= 0.3 is 18.1 Å². The van der Waals surface area contributed by atoms with E-state index >= 15 is 0 Å². The van der Waals surface area contributed by atoms with Crippen LogP contribution in [0.2, 0.25) is 0 Å². The minimum atomic E-state index is -0.878. The molecule has 10 nitrogen and oxygen atoms in total. The van der Waals surface area contributed by atoms with Gasteiger partial charge in [0, 0.05) is 25.0 Å². The summed E-state index contributed by atoms with van der Waals surface area (Å²) in [5, 5.41) is 11.0. The summed E-state index contributed by atoms with van der Waals surface area (Å²) in [6.07, 6.45) is 32.5. The Morgan fingerprint density at radius 1 is 0.500 bits per heavy atom. The molecule has 2 atom stereocenters. The van der Waals surface area contributed by atoms with E-state index in [4.69, 9.17) is 18.9 Å². The van der Waals surface area contributed by atoms with Gasteiger partial charge in [-0.2, -0.15) is 0 Å². The number of hydrogen-bond acceptors (Lipinski definition) is 9. The minimum Gasteiger partial charge on any atom is -0.466 e. The van der Waals surface area contributed by atoms with Gasteiger partial charge < -0.3 is 18.9 Å². The molecular formula is C50H87NO9. The molecule has 1 aromatic carbocycles. The van der Waals surface area contributed by atoms with Crippen molar-refractivity contribution in [2.45, 2.75) is 239 Å². The number of nitro benzene ring substituents is 1. The third-order valence-corrected chi connectivity index (χ3v) is 11.7. The van der Waals surface area contributed by atoms with E-state index in [9.17, 15) is 24.5 Å². The Bertz CT molecular complexity index is 1150. The molecule has 0 aliphatic rings. The Balaban J connectivity index is 2.61. The molecule has 0 fully saturated rings. The predicted molar refractivity (Wildman–Crippen MR) is 243 cm³/mol. The fraction of sp³-hybridized carbons (Fsp3) is 0.820. The quantitative estimate of drug-likeness (QED) is 0.0158. The second kappa shape index (κ2) is 38.7. The van der Waals surface area contributed by atoms with Crippen molar-refractivity contribution in [1.29, 1.82) is 0 Å². The van der Waals surface area contributed by atoms with Crippen LogP contribution in [0.4, 0.5) is 10.5 Å². The first-order valence-electron chi connectivity index (χ1n) is 24.7. The molecule has 0 amide bonds. The summed E-state index contributed by atoms with van der Waals surface area (Å²) < 4.78 is 22.4. The average Bonchev–Trinajstić information content (AvgIpc) is 3.22. The Kier molecular flexibility index (Phi) is 35.4. The molecule has 1 aromatic rings. The van der Waals surface area contributed by atoms with Crippen LogP contribution >= 0.6 is 0 Å². The molecular weight excluding hydrogens is 759 g/mol. The van der Waals surface area contributed by atoms with Gasteiger partial charge in [0.2, 0.25) is 0 Å². The number of non-ortho nitro benzene ring substituents is 1. The van der Waals surface area contributed by atoms with E-state index in [2.05, 4.69) is 27.7 Å². The summed E-state index contributed by atoms with van der Waals surface area (Å²) in [4.78, 5) is 49.0. The highest BCUT2D eigenvalue weighted by molar-refractivity contribution is 5.70. The first-order chi connectivity index (χ1) is 29.2. The van der Waals surface area contributed by atoms with Gasteiger partial charge in [0.05, 0.1) is 18.1 Å². The summed E-state index contributed by atoms with van der Waals surface area (Å²) in [5.74, 6) is 0.654. The van der Waals surface area contributed by atoms with Crippen LogP contribution in [-0.4, -0.2) is 42.3 Å². The van der Waals surface area contributed by atoms with E-state index in [0.717, 1.165) is 38.5 Å². The van der Waals surface area contributed by atoms with Gasteiger partial charge in [-0.05, 0) is 88.2 Å². The van der Waals surface area contributed by atoms with Crippen LogP contribution in [0.1, 0.15) is 233 Å². The molecule has 0 saturated heterocycles. The van der Waals surface area contributed by atoms with Crippen LogP contribution in [0, 0.1) is 22.0 Å². The summed E-state index contributed by atoms with van der Waals surface area (Å²) in [7, 11) is 0. The largest absolute Gasteiger partial charge is 0.514 e. The van der Waals surface area contributed by atoms with E-state index in [0.29, 0.717) is 76.4 Å². The molecule has 0 spiro atoms. The third-order valence-electron chi connectivity index (χ3n) is 11.7. The Labute approximate surface area is 365 Å². The molecule has 0 aromatic heterocycles. The molecule has 0 heterocycles. The molecule has 346 valence electrons. The molecule has 0 aliphatic carbocycles. The third kappa shape index (κ3) is 31.7. The van der Waals surface area contributed by atoms with Crippen molar-refractivity contribution in [2.75, 3.05) is 13.2 Å². The molecule has 0 radical (unpaired) electrons. The first kappa shape index (κ1) is 54.8. The van der Waals surface area contributed by atoms with Crippen molar-refractivity contribution in [2.24, 2.45) is 11.8 Å². The van der Waals surface area contributed by atoms with Crippen molar-refractivity contribution in [1.82, 2.24) is 0 Å². The molecule has 10 heteroatoms. The molecule has 0 N–H and O–H groups in total. The lowest BCUT2D eigenvalue weighted by Crippen LogP contribution is -2.21. The van der Waals surface area contributed by atoms with Crippen LogP contribution in [0.5, 0.6) is 5.75 Å². The van der Waals surface area contributed by atoms with Crippen LogP contribution < -0.4 is 4.74 Å². The van der Waals surface area contributed by atoms with Gasteiger partial charge in [0.1, 0.15) is 11.9 Å². The van der Waals surface area contributed by atoms with Gasteiger partial charge in [-0.15, -0.1) is 0 Å². The highest BCUT2D eigenvalue weighted by Gasteiger charge is 2.19. The smallest absolute Gasteiger partial charge is 0.466 e. The van der Waals surface area contributed by atoms with Crippen LogP contribution in [0.3, 0.4) is 0 Å². The second-order valence-electron chi connectivity index (χ2n) is 17.2. The zero-order chi connectivity index (χ0) is 43.9. The fourth-order valence-corrected chi connectivity index (χ4v) is 7.91. The number of benzene rings is 1. The van der Waals surface area contributed by atoms with E-state index in [1.165, 1.54) is 140 Å². The molecule has 0 bridgehead atoms.